The highest BCUT2D eigenvalue weighted by atomic mass is 19.1. The van der Waals surface area contributed by atoms with E-state index in [9.17, 15) is 9.90 Å². The summed E-state index contributed by atoms with van der Waals surface area (Å²) in [5, 5.41) is 12.3. The van der Waals surface area contributed by atoms with E-state index in [2.05, 4.69) is 16.9 Å². The molecule has 2 aromatic carbocycles. The molecule has 1 saturated carbocycles. The first-order valence-electron chi connectivity index (χ1n) is 12.8. The van der Waals surface area contributed by atoms with E-state index < -0.39 is 0 Å². The molecule has 3 aromatic rings. The van der Waals surface area contributed by atoms with Crippen molar-refractivity contribution in [1.82, 2.24) is 4.98 Å². The SMILES string of the molecule is CCCCCC1CCC(c2ccc(-c3c4c(cc5[nH]c(O)c(CC)c35)=CC(=O)N=4)c(F)c2)CC1. The first kappa shape index (κ1) is 22.8. The van der Waals surface area contributed by atoms with Crippen LogP contribution in [0.4, 0.5) is 4.39 Å². The van der Waals surface area contributed by atoms with Gasteiger partial charge in [-0.15, -0.1) is 0 Å². The third-order valence-corrected chi connectivity index (χ3v) is 7.82. The first-order chi connectivity index (χ1) is 16.5. The van der Waals surface area contributed by atoms with Crippen molar-refractivity contribution in [3.8, 4) is 17.0 Å². The summed E-state index contributed by atoms with van der Waals surface area (Å²) < 4.78 is 15.7. The minimum Gasteiger partial charge on any atom is -0.494 e. The smallest absolute Gasteiger partial charge is 0.270 e. The molecule has 2 N–H and O–H groups in total. The van der Waals surface area contributed by atoms with Gasteiger partial charge in [-0.2, -0.15) is 0 Å². The lowest BCUT2D eigenvalue weighted by atomic mass is 9.77. The Morgan fingerprint density at radius 1 is 1.12 bits per heavy atom. The zero-order valence-electron chi connectivity index (χ0n) is 20.1. The van der Waals surface area contributed by atoms with Gasteiger partial charge in [-0.1, -0.05) is 51.7 Å². The maximum atomic E-state index is 15.7. The molecule has 1 aliphatic carbocycles. The average Bonchev–Trinajstić information content (AvgIpc) is 3.35. The van der Waals surface area contributed by atoms with Crippen LogP contribution in [-0.4, -0.2) is 16.0 Å². The number of unbranched alkanes of at least 4 members (excludes halogenated alkanes) is 2. The molecule has 2 heterocycles. The number of rotatable bonds is 7. The number of hydrogen-bond acceptors (Lipinski definition) is 2. The Balaban J connectivity index is 1.50. The average molecular weight is 461 g/mol. The Labute approximate surface area is 199 Å². The molecule has 1 aliphatic heterocycles. The van der Waals surface area contributed by atoms with Gasteiger partial charge >= 0.3 is 0 Å². The molecule has 4 nitrogen and oxygen atoms in total. The zero-order valence-corrected chi connectivity index (χ0v) is 20.1. The zero-order chi connectivity index (χ0) is 23.8. The number of hydrogen-bond donors (Lipinski definition) is 2. The number of nitrogens with zero attached hydrogens (tertiary/aromatic N) is 1. The Morgan fingerprint density at radius 3 is 2.62 bits per heavy atom. The van der Waals surface area contributed by atoms with Gasteiger partial charge in [0.1, 0.15) is 5.82 Å². The second-order valence-corrected chi connectivity index (χ2v) is 9.96. The lowest BCUT2D eigenvalue weighted by molar-refractivity contribution is -0.112. The fourth-order valence-corrected chi connectivity index (χ4v) is 5.99. The van der Waals surface area contributed by atoms with E-state index in [1.54, 1.807) is 6.07 Å². The van der Waals surface area contributed by atoms with Crippen molar-refractivity contribution in [2.24, 2.45) is 10.9 Å². The molecule has 178 valence electrons. The van der Waals surface area contributed by atoms with E-state index in [1.807, 2.05) is 25.1 Å². The van der Waals surface area contributed by atoms with Gasteiger partial charge in [-0.3, -0.25) is 4.79 Å². The second kappa shape index (κ2) is 9.36. The van der Waals surface area contributed by atoms with Crippen LogP contribution >= 0.6 is 0 Å². The third-order valence-electron chi connectivity index (χ3n) is 7.82. The number of aromatic nitrogens is 1. The minimum absolute atomic E-state index is 0.0847. The van der Waals surface area contributed by atoms with Crippen molar-refractivity contribution >= 4 is 22.9 Å². The van der Waals surface area contributed by atoms with Crippen LogP contribution in [0.25, 0.3) is 28.1 Å². The van der Waals surface area contributed by atoms with Crippen molar-refractivity contribution in [2.75, 3.05) is 0 Å². The maximum Gasteiger partial charge on any atom is 0.270 e. The molecule has 0 bridgehead atoms. The summed E-state index contributed by atoms with van der Waals surface area (Å²) in [5.41, 5.74) is 3.48. The van der Waals surface area contributed by atoms with E-state index in [0.29, 0.717) is 45.1 Å². The number of H-pyrrole nitrogens is 1. The fourth-order valence-electron chi connectivity index (χ4n) is 5.99. The van der Waals surface area contributed by atoms with Crippen LogP contribution in [0.15, 0.2) is 29.3 Å². The summed E-state index contributed by atoms with van der Waals surface area (Å²) in [4.78, 5) is 19.3. The number of aryl methyl sites for hydroxylation is 1. The quantitative estimate of drug-likeness (QED) is 0.422. The number of amides is 1. The summed E-state index contributed by atoms with van der Waals surface area (Å²) in [5.74, 6) is 0.667. The summed E-state index contributed by atoms with van der Waals surface area (Å²) >= 11 is 0. The van der Waals surface area contributed by atoms with Crippen LogP contribution in [-0.2, 0) is 11.2 Å². The van der Waals surface area contributed by atoms with Crippen molar-refractivity contribution in [2.45, 2.75) is 77.6 Å². The molecule has 5 rings (SSSR count). The Morgan fingerprint density at radius 2 is 1.91 bits per heavy atom. The maximum absolute atomic E-state index is 15.7. The van der Waals surface area contributed by atoms with Crippen LogP contribution in [0.1, 0.15) is 82.3 Å². The van der Waals surface area contributed by atoms with Crippen LogP contribution in [0, 0.1) is 11.7 Å². The van der Waals surface area contributed by atoms with Gasteiger partial charge in [-0.05, 0) is 61.6 Å². The normalized spacial score (nSPS) is 19.8. The number of aromatic hydroxyl groups is 1. The molecule has 0 unspecified atom stereocenters. The second-order valence-electron chi connectivity index (χ2n) is 9.96. The molecule has 1 amide bonds. The topological polar surface area (TPSA) is 65.4 Å². The molecule has 0 radical (unpaired) electrons. The standard InChI is InChI=1S/C29H33FN2O2/c1-3-5-6-7-17-8-10-18(11-9-17)19-12-13-22(23(30)14-19)27-26-21(4-2)29(34)31-24(26)15-20-16-25(33)32-28(20)27/h12-18,31,34H,3-11H2,1-2H3. The Hall–Kier alpha value is -2.95. The van der Waals surface area contributed by atoms with Gasteiger partial charge in [0.2, 0.25) is 0 Å². The lowest BCUT2D eigenvalue weighted by Crippen LogP contribution is -2.24. The monoisotopic (exact) mass is 460 g/mol. The molecular weight excluding hydrogens is 427 g/mol. The van der Waals surface area contributed by atoms with E-state index in [-0.39, 0.29) is 17.6 Å². The lowest BCUT2D eigenvalue weighted by Gasteiger charge is -2.29. The third kappa shape index (κ3) is 4.06. The molecule has 0 spiro atoms. The summed E-state index contributed by atoms with van der Waals surface area (Å²) in [6, 6.07) is 7.38. The number of fused-ring (bicyclic) bond motifs is 2. The van der Waals surface area contributed by atoms with Crippen molar-refractivity contribution < 1.29 is 14.3 Å². The first-order valence-corrected chi connectivity index (χ1v) is 12.8. The molecule has 5 heteroatoms. The Kier molecular flexibility index (Phi) is 6.28. The molecular formula is C29H33FN2O2. The van der Waals surface area contributed by atoms with Crippen molar-refractivity contribution in [3.05, 3.63) is 51.8 Å². The van der Waals surface area contributed by atoms with Crippen molar-refractivity contribution in [3.63, 3.8) is 0 Å². The van der Waals surface area contributed by atoms with Gasteiger partial charge in [0, 0.05) is 38.9 Å². The predicted octanol–water partition coefficient (Wildman–Crippen LogP) is 6.04. The largest absolute Gasteiger partial charge is 0.494 e. The number of carbonyl (C=O) groups excluding carboxylic acids is 1. The molecule has 0 saturated heterocycles. The number of nitrogens with one attached hydrogen (secondary N) is 1. The molecule has 1 fully saturated rings. The highest BCUT2D eigenvalue weighted by Crippen LogP contribution is 2.40. The van der Waals surface area contributed by atoms with Crippen LogP contribution < -0.4 is 10.6 Å². The minimum atomic E-state index is -0.334. The fraction of sp³-hybridized carbons (Fsp3) is 0.448. The summed E-state index contributed by atoms with van der Waals surface area (Å²) in [6.07, 6.45) is 12.0. The van der Waals surface area contributed by atoms with Crippen LogP contribution in [0.2, 0.25) is 0 Å². The van der Waals surface area contributed by atoms with Crippen LogP contribution in [0.3, 0.4) is 0 Å². The summed E-state index contributed by atoms with van der Waals surface area (Å²) in [7, 11) is 0. The van der Waals surface area contributed by atoms with Gasteiger partial charge in [-0.25, -0.2) is 9.38 Å². The number of halogens is 1. The van der Waals surface area contributed by atoms with E-state index in [1.165, 1.54) is 44.6 Å². The molecule has 2 aliphatic rings. The van der Waals surface area contributed by atoms with Gasteiger partial charge in [0.15, 0.2) is 5.88 Å². The Bertz CT molecular complexity index is 1360. The van der Waals surface area contributed by atoms with Crippen molar-refractivity contribution in [1.29, 1.82) is 0 Å². The number of benzene rings is 2. The molecule has 1 aromatic heterocycles. The summed E-state index contributed by atoms with van der Waals surface area (Å²) in [6.45, 7) is 4.20. The predicted molar refractivity (Wildman–Crippen MR) is 134 cm³/mol. The van der Waals surface area contributed by atoms with Gasteiger partial charge < -0.3 is 10.1 Å². The van der Waals surface area contributed by atoms with E-state index in [0.717, 1.165) is 29.7 Å². The van der Waals surface area contributed by atoms with Crippen LogP contribution in [0.5, 0.6) is 5.88 Å². The number of aromatic amines is 1. The van der Waals surface area contributed by atoms with Gasteiger partial charge in [0.25, 0.3) is 5.91 Å². The molecule has 34 heavy (non-hydrogen) atoms. The highest BCUT2D eigenvalue weighted by molar-refractivity contribution is 6.09. The van der Waals surface area contributed by atoms with E-state index >= 15 is 4.39 Å². The van der Waals surface area contributed by atoms with Gasteiger partial charge in [0.05, 0.1) is 5.36 Å². The number of carbonyl (C=O) groups is 1. The highest BCUT2D eigenvalue weighted by Gasteiger charge is 2.25. The molecule has 0 atom stereocenters. The van der Waals surface area contributed by atoms with E-state index in [4.69, 9.17) is 0 Å².